The molecule has 1 aromatic heterocycles. The molecule has 0 unspecified atom stereocenters. The predicted octanol–water partition coefficient (Wildman–Crippen LogP) is 2.05. The van der Waals surface area contributed by atoms with E-state index in [2.05, 4.69) is 27.8 Å². The molecule has 22 heavy (non-hydrogen) atoms. The molecule has 0 bridgehead atoms. The molecular formula is C16H20N4O2. The van der Waals surface area contributed by atoms with Crippen LogP contribution in [0.3, 0.4) is 0 Å². The molecule has 6 heteroatoms. The Hall–Kier alpha value is -2.63. The average Bonchev–Trinajstić information content (AvgIpc) is 3.04. The number of aromatic nitrogens is 2. The minimum absolute atomic E-state index is 0.0464. The molecule has 2 aromatic rings. The minimum Gasteiger partial charge on any atom is -0.347 e. The molecule has 2 rings (SSSR count). The first-order valence-electron chi connectivity index (χ1n) is 7.29. The first-order chi connectivity index (χ1) is 10.7. The molecule has 0 spiro atoms. The van der Waals surface area contributed by atoms with Crippen molar-refractivity contribution in [2.45, 2.75) is 25.7 Å². The number of hydrogen-bond donors (Lipinski definition) is 3. The lowest BCUT2D eigenvalue weighted by molar-refractivity contribution is -0.124. The van der Waals surface area contributed by atoms with Gasteiger partial charge in [0.15, 0.2) is 0 Å². The highest BCUT2D eigenvalue weighted by atomic mass is 16.2. The van der Waals surface area contributed by atoms with Crippen LogP contribution in [0.1, 0.15) is 31.2 Å². The Balaban J connectivity index is 1.78. The summed E-state index contributed by atoms with van der Waals surface area (Å²) in [5, 5.41) is 11.6. The summed E-state index contributed by atoms with van der Waals surface area (Å²) in [5.74, 6) is -0.237. The van der Waals surface area contributed by atoms with Crippen LogP contribution in [-0.4, -0.2) is 28.6 Å². The topological polar surface area (TPSA) is 86.9 Å². The van der Waals surface area contributed by atoms with E-state index in [9.17, 15) is 9.59 Å². The fourth-order valence-electron chi connectivity index (χ4n) is 2.22. The number of benzene rings is 1. The molecule has 116 valence electrons. The molecule has 1 heterocycles. The summed E-state index contributed by atoms with van der Waals surface area (Å²) in [7, 11) is 0. The Bertz CT molecular complexity index is 596. The molecule has 0 saturated carbocycles. The fourth-order valence-corrected chi connectivity index (χ4v) is 2.22. The highest BCUT2D eigenvalue weighted by Gasteiger charge is 2.14. The van der Waals surface area contributed by atoms with E-state index in [0.717, 1.165) is 12.0 Å². The van der Waals surface area contributed by atoms with Crippen LogP contribution < -0.4 is 10.6 Å². The summed E-state index contributed by atoms with van der Waals surface area (Å²) in [4.78, 5) is 23.7. The molecule has 0 aliphatic carbocycles. The number of aromatic amines is 1. The number of anilines is 1. The van der Waals surface area contributed by atoms with Crippen LogP contribution in [0.25, 0.3) is 0 Å². The molecule has 0 fully saturated rings. The standard InChI is InChI=1S/C16H20N4O2/c1-2-12(13-6-4-3-5-7-13)8-15(21)17-11-16(22)20-14-9-18-19-10-14/h3-7,9-10,12H,2,8,11H2,1H3,(H,17,21)(H,18,19)(H,20,22)/t12-/m0/s1. The monoisotopic (exact) mass is 300 g/mol. The van der Waals surface area contributed by atoms with Crippen molar-refractivity contribution >= 4 is 17.5 Å². The van der Waals surface area contributed by atoms with E-state index in [4.69, 9.17) is 0 Å². The maximum atomic E-state index is 12.0. The second-order valence-electron chi connectivity index (χ2n) is 5.03. The molecular weight excluding hydrogens is 280 g/mol. The quantitative estimate of drug-likeness (QED) is 0.731. The number of nitrogens with zero attached hydrogens (tertiary/aromatic N) is 1. The van der Waals surface area contributed by atoms with Crippen molar-refractivity contribution in [3.05, 3.63) is 48.3 Å². The molecule has 6 nitrogen and oxygen atoms in total. The van der Waals surface area contributed by atoms with Gasteiger partial charge in [-0.15, -0.1) is 0 Å². The number of nitrogens with one attached hydrogen (secondary N) is 3. The first-order valence-corrected chi connectivity index (χ1v) is 7.29. The van der Waals surface area contributed by atoms with Crippen molar-refractivity contribution < 1.29 is 9.59 Å². The van der Waals surface area contributed by atoms with Crippen molar-refractivity contribution in [2.75, 3.05) is 11.9 Å². The van der Waals surface area contributed by atoms with Gasteiger partial charge in [-0.05, 0) is 17.9 Å². The predicted molar refractivity (Wildman–Crippen MR) is 84.3 cm³/mol. The van der Waals surface area contributed by atoms with Gasteiger partial charge in [0.2, 0.25) is 11.8 Å². The van der Waals surface area contributed by atoms with E-state index in [1.807, 2.05) is 30.3 Å². The zero-order valence-electron chi connectivity index (χ0n) is 12.5. The van der Waals surface area contributed by atoms with Gasteiger partial charge in [-0.1, -0.05) is 37.3 Å². The lowest BCUT2D eigenvalue weighted by atomic mass is 9.93. The number of hydrogen-bond acceptors (Lipinski definition) is 3. The third kappa shape index (κ3) is 4.73. The third-order valence-corrected chi connectivity index (χ3v) is 3.42. The van der Waals surface area contributed by atoms with E-state index in [1.54, 1.807) is 6.20 Å². The fraction of sp³-hybridized carbons (Fsp3) is 0.312. The van der Waals surface area contributed by atoms with Crippen molar-refractivity contribution in [1.29, 1.82) is 0 Å². The van der Waals surface area contributed by atoms with Crippen molar-refractivity contribution in [2.24, 2.45) is 0 Å². The third-order valence-electron chi connectivity index (χ3n) is 3.42. The van der Waals surface area contributed by atoms with Crippen LogP contribution in [0.2, 0.25) is 0 Å². The zero-order chi connectivity index (χ0) is 15.8. The molecule has 2 amide bonds. The van der Waals surface area contributed by atoms with Crippen LogP contribution >= 0.6 is 0 Å². The Kier molecular flexibility index (Phi) is 5.71. The van der Waals surface area contributed by atoms with Gasteiger partial charge in [0.25, 0.3) is 0 Å². The van der Waals surface area contributed by atoms with Crippen molar-refractivity contribution in [1.82, 2.24) is 15.5 Å². The molecule has 1 atom stereocenters. The van der Waals surface area contributed by atoms with Crippen LogP contribution in [-0.2, 0) is 9.59 Å². The summed E-state index contributed by atoms with van der Waals surface area (Å²) in [5.41, 5.74) is 1.72. The van der Waals surface area contributed by atoms with E-state index in [0.29, 0.717) is 12.1 Å². The summed E-state index contributed by atoms with van der Waals surface area (Å²) in [6.45, 7) is 2.01. The molecule has 0 aliphatic rings. The maximum Gasteiger partial charge on any atom is 0.243 e. The Morgan fingerprint density at radius 1 is 1.23 bits per heavy atom. The Morgan fingerprint density at radius 3 is 2.64 bits per heavy atom. The largest absolute Gasteiger partial charge is 0.347 e. The maximum absolute atomic E-state index is 12.0. The molecule has 0 radical (unpaired) electrons. The molecule has 1 aromatic carbocycles. The smallest absolute Gasteiger partial charge is 0.243 e. The summed E-state index contributed by atoms with van der Waals surface area (Å²) < 4.78 is 0. The number of carbonyl (C=O) groups is 2. The average molecular weight is 300 g/mol. The highest BCUT2D eigenvalue weighted by molar-refractivity contribution is 5.94. The second kappa shape index (κ2) is 7.97. The zero-order valence-corrected chi connectivity index (χ0v) is 12.5. The van der Waals surface area contributed by atoms with Gasteiger partial charge in [-0.2, -0.15) is 5.10 Å². The lowest BCUT2D eigenvalue weighted by Gasteiger charge is -2.15. The molecule has 3 N–H and O–H groups in total. The number of rotatable bonds is 7. The normalized spacial score (nSPS) is 11.7. The SMILES string of the molecule is CC[C@@H](CC(=O)NCC(=O)Nc1cn[nH]c1)c1ccccc1. The van der Waals surface area contributed by atoms with Gasteiger partial charge in [-0.3, -0.25) is 14.7 Å². The van der Waals surface area contributed by atoms with Gasteiger partial charge in [0.05, 0.1) is 18.4 Å². The van der Waals surface area contributed by atoms with Gasteiger partial charge in [0.1, 0.15) is 0 Å². The second-order valence-corrected chi connectivity index (χ2v) is 5.03. The number of amides is 2. The molecule has 0 saturated heterocycles. The van der Waals surface area contributed by atoms with Crippen LogP contribution in [0.4, 0.5) is 5.69 Å². The highest BCUT2D eigenvalue weighted by Crippen LogP contribution is 2.22. The number of carbonyl (C=O) groups excluding carboxylic acids is 2. The van der Waals surface area contributed by atoms with Crippen molar-refractivity contribution in [3.8, 4) is 0 Å². The summed E-state index contributed by atoms with van der Waals surface area (Å²) in [6, 6.07) is 9.93. The minimum atomic E-state index is -0.275. The summed E-state index contributed by atoms with van der Waals surface area (Å²) in [6.07, 6.45) is 4.32. The van der Waals surface area contributed by atoms with E-state index >= 15 is 0 Å². The Morgan fingerprint density at radius 2 is 2.00 bits per heavy atom. The van der Waals surface area contributed by atoms with Gasteiger partial charge < -0.3 is 10.6 Å². The van der Waals surface area contributed by atoms with Crippen molar-refractivity contribution in [3.63, 3.8) is 0 Å². The van der Waals surface area contributed by atoms with E-state index in [1.165, 1.54) is 6.20 Å². The number of H-pyrrole nitrogens is 1. The van der Waals surface area contributed by atoms with E-state index in [-0.39, 0.29) is 24.3 Å². The molecule has 0 aliphatic heterocycles. The van der Waals surface area contributed by atoms with Gasteiger partial charge >= 0.3 is 0 Å². The van der Waals surface area contributed by atoms with E-state index < -0.39 is 0 Å². The van der Waals surface area contributed by atoms with Crippen LogP contribution in [0.5, 0.6) is 0 Å². The van der Waals surface area contributed by atoms with Crippen LogP contribution in [0, 0.1) is 0 Å². The van der Waals surface area contributed by atoms with Gasteiger partial charge in [0, 0.05) is 12.6 Å². The first kappa shape index (κ1) is 15.8. The lowest BCUT2D eigenvalue weighted by Crippen LogP contribution is -2.33. The summed E-state index contributed by atoms with van der Waals surface area (Å²) >= 11 is 0. The Labute approximate surface area is 129 Å². The van der Waals surface area contributed by atoms with Crippen LogP contribution in [0.15, 0.2) is 42.7 Å². The van der Waals surface area contributed by atoms with Gasteiger partial charge in [-0.25, -0.2) is 0 Å².